The van der Waals surface area contributed by atoms with Crippen LogP contribution in [-0.2, 0) is 4.79 Å². The van der Waals surface area contributed by atoms with E-state index in [1.165, 1.54) is 24.9 Å². The number of anilines is 2. The lowest BCUT2D eigenvalue weighted by Crippen LogP contribution is -2.38. The van der Waals surface area contributed by atoms with Gasteiger partial charge in [-0.05, 0) is 76.3 Å². The van der Waals surface area contributed by atoms with Crippen LogP contribution >= 0.6 is 0 Å². The Morgan fingerprint density at radius 3 is 2.56 bits per heavy atom. The number of carbonyl (C=O) groups is 1. The van der Waals surface area contributed by atoms with Gasteiger partial charge in [0.1, 0.15) is 0 Å². The largest absolute Gasteiger partial charge is 0.393 e. The Labute approximate surface area is 151 Å². The molecule has 5 heteroatoms. The van der Waals surface area contributed by atoms with Gasteiger partial charge in [0.15, 0.2) is 0 Å². The predicted molar refractivity (Wildman–Crippen MR) is 102 cm³/mol. The number of aliphatic hydroxyl groups excluding tert-OH is 1. The molecule has 1 aromatic rings. The van der Waals surface area contributed by atoms with Gasteiger partial charge in [0.2, 0.25) is 5.91 Å². The number of piperidine rings is 1. The van der Waals surface area contributed by atoms with E-state index < -0.39 is 0 Å². The lowest BCUT2D eigenvalue weighted by Gasteiger charge is -2.29. The molecule has 0 spiro atoms. The van der Waals surface area contributed by atoms with E-state index in [0.717, 1.165) is 44.6 Å². The fourth-order valence-corrected chi connectivity index (χ4v) is 4.06. The number of hydrogen-bond donors (Lipinski definition) is 2. The first-order valence-corrected chi connectivity index (χ1v) is 9.69. The molecule has 2 N–H and O–H groups in total. The third-order valence-electron chi connectivity index (χ3n) is 5.33. The van der Waals surface area contributed by atoms with Gasteiger partial charge in [-0.1, -0.05) is 0 Å². The number of hydrogen-bond acceptors (Lipinski definition) is 4. The summed E-state index contributed by atoms with van der Waals surface area (Å²) in [4.78, 5) is 17.0. The van der Waals surface area contributed by atoms with Crippen LogP contribution in [-0.4, -0.2) is 54.2 Å². The standard InChI is InChI=1S/C20H31N3O2/c1-16(24)14-19-6-5-13-23(19)15-20(25)21-17-7-9-18(10-8-17)22-11-3-2-4-12-22/h7-10,16,19,24H,2-6,11-15H2,1H3,(H,21,25). The van der Waals surface area contributed by atoms with Gasteiger partial charge < -0.3 is 15.3 Å². The molecule has 3 rings (SSSR count). The summed E-state index contributed by atoms with van der Waals surface area (Å²) in [6.07, 6.45) is 6.48. The maximum atomic E-state index is 12.4. The van der Waals surface area contributed by atoms with E-state index in [0.29, 0.717) is 12.6 Å². The van der Waals surface area contributed by atoms with Crippen LogP contribution in [0.2, 0.25) is 0 Å². The summed E-state index contributed by atoms with van der Waals surface area (Å²) in [5.74, 6) is 0.0308. The summed E-state index contributed by atoms with van der Waals surface area (Å²) in [7, 11) is 0. The highest BCUT2D eigenvalue weighted by atomic mass is 16.3. The van der Waals surface area contributed by atoms with Crippen LogP contribution in [0.1, 0.15) is 45.4 Å². The quantitative estimate of drug-likeness (QED) is 0.832. The van der Waals surface area contributed by atoms with Gasteiger partial charge in [0.05, 0.1) is 12.6 Å². The van der Waals surface area contributed by atoms with E-state index in [4.69, 9.17) is 0 Å². The lowest BCUT2D eigenvalue weighted by molar-refractivity contribution is -0.117. The van der Waals surface area contributed by atoms with E-state index >= 15 is 0 Å². The van der Waals surface area contributed by atoms with Crippen molar-refractivity contribution in [2.75, 3.05) is 36.4 Å². The Hall–Kier alpha value is -1.59. The zero-order valence-electron chi connectivity index (χ0n) is 15.3. The molecule has 2 unspecified atom stereocenters. The summed E-state index contributed by atoms with van der Waals surface area (Å²) < 4.78 is 0. The molecule has 5 nitrogen and oxygen atoms in total. The molecule has 1 aromatic carbocycles. The third kappa shape index (κ3) is 5.19. The van der Waals surface area contributed by atoms with Crippen molar-refractivity contribution in [3.63, 3.8) is 0 Å². The number of rotatable bonds is 6. The van der Waals surface area contributed by atoms with Crippen LogP contribution in [0.25, 0.3) is 0 Å². The van der Waals surface area contributed by atoms with Crippen LogP contribution in [0.5, 0.6) is 0 Å². The summed E-state index contributed by atoms with van der Waals surface area (Å²) in [6, 6.07) is 8.53. The summed E-state index contributed by atoms with van der Waals surface area (Å²) in [5, 5.41) is 12.6. The van der Waals surface area contributed by atoms with Crippen molar-refractivity contribution >= 4 is 17.3 Å². The fraction of sp³-hybridized carbons (Fsp3) is 0.650. The summed E-state index contributed by atoms with van der Waals surface area (Å²) >= 11 is 0. The molecule has 1 amide bonds. The molecule has 0 aliphatic carbocycles. The molecule has 2 atom stereocenters. The number of amides is 1. The Kier molecular flexibility index (Phi) is 6.32. The molecule has 2 aliphatic heterocycles. The van der Waals surface area contributed by atoms with Gasteiger partial charge in [-0.2, -0.15) is 0 Å². The number of nitrogens with one attached hydrogen (secondary N) is 1. The van der Waals surface area contributed by atoms with Crippen molar-refractivity contribution in [2.45, 2.75) is 57.6 Å². The Balaban J connectivity index is 1.50. The van der Waals surface area contributed by atoms with Gasteiger partial charge in [-0.3, -0.25) is 9.69 Å². The monoisotopic (exact) mass is 345 g/mol. The second-order valence-corrected chi connectivity index (χ2v) is 7.49. The van der Waals surface area contributed by atoms with Crippen LogP contribution in [0, 0.1) is 0 Å². The molecule has 2 heterocycles. The zero-order chi connectivity index (χ0) is 17.6. The molecule has 0 aromatic heterocycles. The van der Waals surface area contributed by atoms with Crippen molar-refractivity contribution in [2.24, 2.45) is 0 Å². The van der Waals surface area contributed by atoms with E-state index in [1.54, 1.807) is 0 Å². The first-order valence-electron chi connectivity index (χ1n) is 9.69. The van der Waals surface area contributed by atoms with Crippen molar-refractivity contribution in [3.8, 4) is 0 Å². The highest BCUT2D eigenvalue weighted by Crippen LogP contribution is 2.23. The molecule has 0 bridgehead atoms. The van der Waals surface area contributed by atoms with Gasteiger partial charge in [0, 0.05) is 30.5 Å². The molecule has 2 aliphatic rings. The highest BCUT2D eigenvalue weighted by molar-refractivity contribution is 5.92. The van der Waals surface area contributed by atoms with E-state index in [9.17, 15) is 9.90 Å². The Morgan fingerprint density at radius 2 is 1.88 bits per heavy atom. The van der Waals surface area contributed by atoms with Crippen LogP contribution in [0.4, 0.5) is 11.4 Å². The third-order valence-corrected chi connectivity index (χ3v) is 5.33. The number of aliphatic hydroxyl groups is 1. The van der Waals surface area contributed by atoms with Gasteiger partial charge in [-0.25, -0.2) is 0 Å². The van der Waals surface area contributed by atoms with Gasteiger partial charge in [-0.15, -0.1) is 0 Å². The SMILES string of the molecule is CC(O)CC1CCCN1CC(=O)Nc1ccc(N2CCCCC2)cc1. The second-order valence-electron chi connectivity index (χ2n) is 7.49. The normalized spacial score (nSPS) is 22.8. The van der Waals surface area contributed by atoms with E-state index in [-0.39, 0.29) is 12.0 Å². The molecule has 0 saturated carbocycles. The minimum Gasteiger partial charge on any atom is -0.393 e. The van der Waals surface area contributed by atoms with Crippen molar-refractivity contribution in [1.82, 2.24) is 4.90 Å². The van der Waals surface area contributed by atoms with Crippen molar-refractivity contribution < 1.29 is 9.90 Å². The fourth-order valence-electron chi connectivity index (χ4n) is 4.06. The van der Waals surface area contributed by atoms with Crippen LogP contribution in [0.15, 0.2) is 24.3 Å². The second kappa shape index (κ2) is 8.68. The number of carbonyl (C=O) groups excluding carboxylic acids is 1. The smallest absolute Gasteiger partial charge is 0.238 e. The summed E-state index contributed by atoms with van der Waals surface area (Å²) in [5.41, 5.74) is 2.10. The molecular weight excluding hydrogens is 314 g/mol. The average Bonchev–Trinajstić information content (AvgIpc) is 3.02. The highest BCUT2D eigenvalue weighted by Gasteiger charge is 2.27. The van der Waals surface area contributed by atoms with E-state index in [1.807, 2.05) is 19.1 Å². The van der Waals surface area contributed by atoms with Crippen LogP contribution in [0.3, 0.4) is 0 Å². The number of nitrogens with zero attached hydrogens (tertiary/aromatic N) is 2. The molecule has 2 fully saturated rings. The van der Waals surface area contributed by atoms with Crippen LogP contribution < -0.4 is 10.2 Å². The first kappa shape index (κ1) is 18.2. The molecule has 25 heavy (non-hydrogen) atoms. The lowest BCUT2D eigenvalue weighted by atomic mass is 10.1. The number of likely N-dealkylation sites (tertiary alicyclic amines) is 1. The van der Waals surface area contributed by atoms with Crippen molar-refractivity contribution in [3.05, 3.63) is 24.3 Å². The molecule has 138 valence electrons. The maximum absolute atomic E-state index is 12.4. The van der Waals surface area contributed by atoms with Gasteiger partial charge >= 0.3 is 0 Å². The minimum atomic E-state index is -0.309. The number of benzene rings is 1. The molecule has 2 saturated heterocycles. The van der Waals surface area contributed by atoms with Gasteiger partial charge in [0.25, 0.3) is 0 Å². The molecular formula is C20H31N3O2. The maximum Gasteiger partial charge on any atom is 0.238 e. The Morgan fingerprint density at radius 1 is 1.16 bits per heavy atom. The topological polar surface area (TPSA) is 55.8 Å². The van der Waals surface area contributed by atoms with E-state index in [2.05, 4.69) is 27.2 Å². The Bertz CT molecular complexity index is 553. The minimum absolute atomic E-state index is 0.0308. The first-order chi connectivity index (χ1) is 12.1. The molecule has 0 radical (unpaired) electrons. The average molecular weight is 345 g/mol. The zero-order valence-corrected chi connectivity index (χ0v) is 15.3. The summed E-state index contributed by atoms with van der Waals surface area (Å²) in [6.45, 7) is 5.43. The van der Waals surface area contributed by atoms with Crippen molar-refractivity contribution in [1.29, 1.82) is 0 Å². The predicted octanol–water partition coefficient (Wildman–Crippen LogP) is 2.85.